The molecule has 3 saturated heterocycles. The highest BCUT2D eigenvalue weighted by Crippen LogP contribution is 2.40. The molecule has 1 unspecified atom stereocenters. The van der Waals surface area contributed by atoms with E-state index in [0.717, 1.165) is 57.7 Å². The lowest BCUT2D eigenvalue weighted by molar-refractivity contribution is -0.140. The highest BCUT2D eigenvalue weighted by molar-refractivity contribution is 5.77. The Morgan fingerprint density at radius 3 is 2.81 bits per heavy atom. The Kier molecular flexibility index (Phi) is 5.52. The van der Waals surface area contributed by atoms with Crippen LogP contribution in [0.4, 0.5) is 0 Å². The van der Waals surface area contributed by atoms with Crippen molar-refractivity contribution in [1.82, 2.24) is 14.8 Å². The van der Waals surface area contributed by atoms with Crippen LogP contribution in [-0.4, -0.2) is 72.8 Å². The van der Waals surface area contributed by atoms with Crippen LogP contribution in [0, 0.1) is 5.41 Å². The summed E-state index contributed by atoms with van der Waals surface area (Å²) in [6, 6.07) is 5.91. The number of piperidine rings is 2. The maximum Gasteiger partial charge on any atom is 0.222 e. The first-order valence-electron chi connectivity index (χ1n) is 9.82. The molecule has 0 saturated carbocycles. The molecule has 0 bridgehead atoms. The zero-order valence-electron chi connectivity index (χ0n) is 15.4. The molecule has 6 heteroatoms. The van der Waals surface area contributed by atoms with Crippen LogP contribution in [0.15, 0.2) is 24.4 Å². The molecule has 1 amide bonds. The minimum absolute atomic E-state index is 0.214. The molecular formula is C20H29N3O3. The third-order valence-corrected chi connectivity index (χ3v) is 6.09. The highest BCUT2D eigenvalue weighted by atomic mass is 16.6. The van der Waals surface area contributed by atoms with Crippen molar-refractivity contribution < 1.29 is 14.3 Å². The fourth-order valence-electron chi connectivity index (χ4n) is 4.48. The Hall–Kier alpha value is -1.50. The minimum Gasteiger partial charge on any atom is -0.376 e. The van der Waals surface area contributed by atoms with Crippen molar-refractivity contribution in [3.8, 4) is 0 Å². The standard InChI is InChI=1S/C20H29N3O3/c24-19-4-5-20(16-23(19)13-17-3-1-2-8-21-17)6-9-22(10-7-20)14-18-15-25-11-12-26-18/h1-3,8,18H,4-7,9-16H2. The van der Waals surface area contributed by atoms with Crippen LogP contribution in [0.3, 0.4) is 0 Å². The predicted octanol–water partition coefficient (Wildman–Crippen LogP) is 1.70. The summed E-state index contributed by atoms with van der Waals surface area (Å²) >= 11 is 0. The number of amides is 1. The van der Waals surface area contributed by atoms with Crippen LogP contribution in [0.1, 0.15) is 31.4 Å². The lowest BCUT2D eigenvalue weighted by Gasteiger charge is -2.48. The molecule has 26 heavy (non-hydrogen) atoms. The number of hydrogen-bond donors (Lipinski definition) is 0. The zero-order valence-corrected chi connectivity index (χ0v) is 15.4. The predicted molar refractivity (Wildman–Crippen MR) is 97.6 cm³/mol. The van der Waals surface area contributed by atoms with E-state index in [1.54, 1.807) is 6.20 Å². The normalized spacial score (nSPS) is 27.0. The molecule has 0 aromatic carbocycles. The molecule has 0 radical (unpaired) electrons. The van der Waals surface area contributed by atoms with E-state index in [1.807, 2.05) is 23.1 Å². The summed E-state index contributed by atoms with van der Waals surface area (Å²) in [5.41, 5.74) is 1.26. The van der Waals surface area contributed by atoms with Gasteiger partial charge in [-0.3, -0.25) is 9.78 Å². The molecular weight excluding hydrogens is 330 g/mol. The van der Waals surface area contributed by atoms with Crippen LogP contribution in [0.25, 0.3) is 0 Å². The van der Waals surface area contributed by atoms with Gasteiger partial charge in [-0.2, -0.15) is 0 Å². The highest BCUT2D eigenvalue weighted by Gasteiger charge is 2.41. The average Bonchev–Trinajstić information content (AvgIpc) is 2.69. The molecule has 0 N–H and O–H groups in total. The van der Waals surface area contributed by atoms with Gasteiger partial charge in [0, 0.05) is 25.7 Å². The van der Waals surface area contributed by atoms with Gasteiger partial charge in [0.05, 0.1) is 38.2 Å². The van der Waals surface area contributed by atoms with Crippen molar-refractivity contribution in [3.63, 3.8) is 0 Å². The molecule has 0 aliphatic carbocycles. The summed E-state index contributed by atoms with van der Waals surface area (Å²) in [5, 5.41) is 0. The quantitative estimate of drug-likeness (QED) is 0.819. The number of carbonyl (C=O) groups excluding carboxylic acids is 1. The molecule has 3 aliphatic rings. The summed E-state index contributed by atoms with van der Waals surface area (Å²) < 4.78 is 11.3. The van der Waals surface area contributed by atoms with Gasteiger partial charge in [0.1, 0.15) is 0 Å². The van der Waals surface area contributed by atoms with E-state index < -0.39 is 0 Å². The van der Waals surface area contributed by atoms with E-state index in [4.69, 9.17) is 9.47 Å². The SMILES string of the molecule is O=C1CCC2(CCN(CC3COCCO3)CC2)CN1Cc1ccccn1. The maximum atomic E-state index is 12.4. The third-order valence-electron chi connectivity index (χ3n) is 6.09. The Morgan fingerprint density at radius 1 is 1.19 bits per heavy atom. The molecule has 142 valence electrons. The van der Waals surface area contributed by atoms with Gasteiger partial charge in [-0.15, -0.1) is 0 Å². The third kappa shape index (κ3) is 4.24. The van der Waals surface area contributed by atoms with E-state index in [1.165, 1.54) is 0 Å². The minimum atomic E-state index is 0.214. The number of likely N-dealkylation sites (tertiary alicyclic amines) is 2. The van der Waals surface area contributed by atoms with Gasteiger partial charge in [-0.1, -0.05) is 6.07 Å². The summed E-state index contributed by atoms with van der Waals surface area (Å²) in [5.74, 6) is 0.275. The second-order valence-corrected chi connectivity index (χ2v) is 7.94. The molecule has 1 spiro atoms. The molecule has 1 aromatic heterocycles. The van der Waals surface area contributed by atoms with Crippen LogP contribution in [0.2, 0.25) is 0 Å². The van der Waals surface area contributed by atoms with Crippen LogP contribution < -0.4 is 0 Å². The zero-order chi connectivity index (χ0) is 17.8. The fourth-order valence-corrected chi connectivity index (χ4v) is 4.48. The molecule has 1 atom stereocenters. The first-order chi connectivity index (χ1) is 12.7. The van der Waals surface area contributed by atoms with Crippen molar-refractivity contribution in [2.24, 2.45) is 5.41 Å². The number of rotatable bonds is 4. The Labute approximate surface area is 155 Å². The molecule has 3 aliphatic heterocycles. The molecule has 6 nitrogen and oxygen atoms in total. The monoisotopic (exact) mass is 359 g/mol. The Morgan fingerprint density at radius 2 is 2.08 bits per heavy atom. The van der Waals surface area contributed by atoms with Gasteiger partial charge >= 0.3 is 0 Å². The van der Waals surface area contributed by atoms with E-state index in [9.17, 15) is 4.79 Å². The Bertz CT molecular complexity index is 596. The van der Waals surface area contributed by atoms with E-state index >= 15 is 0 Å². The topological polar surface area (TPSA) is 54.9 Å². The van der Waals surface area contributed by atoms with Crippen LogP contribution in [-0.2, 0) is 20.8 Å². The number of nitrogens with zero attached hydrogens (tertiary/aromatic N) is 3. The van der Waals surface area contributed by atoms with E-state index in [2.05, 4.69) is 9.88 Å². The fraction of sp³-hybridized carbons (Fsp3) is 0.700. The lowest BCUT2D eigenvalue weighted by atomic mass is 9.72. The summed E-state index contributed by atoms with van der Waals surface area (Å²) in [4.78, 5) is 21.3. The number of pyridine rings is 1. The van der Waals surface area contributed by atoms with Crippen LogP contribution >= 0.6 is 0 Å². The average molecular weight is 359 g/mol. The lowest BCUT2D eigenvalue weighted by Crippen LogP contribution is -2.52. The summed E-state index contributed by atoms with van der Waals surface area (Å²) in [6.07, 6.45) is 6.04. The first kappa shape index (κ1) is 17.9. The van der Waals surface area contributed by atoms with Gasteiger partial charge < -0.3 is 19.3 Å². The van der Waals surface area contributed by atoms with Gasteiger partial charge in [-0.25, -0.2) is 0 Å². The van der Waals surface area contributed by atoms with Crippen LogP contribution in [0.5, 0.6) is 0 Å². The first-order valence-corrected chi connectivity index (χ1v) is 9.82. The van der Waals surface area contributed by atoms with Crippen molar-refractivity contribution in [3.05, 3.63) is 30.1 Å². The maximum absolute atomic E-state index is 12.4. The number of hydrogen-bond acceptors (Lipinski definition) is 5. The number of aromatic nitrogens is 1. The van der Waals surface area contributed by atoms with Gasteiger partial charge in [0.25, 0.3) is 0 Å². The largest absolute Gasteiger partial charge is 0.376 e. The van der Waals surface area contributed by atoms with Crippen molar-refractivity contribution in [2.75, 3.05) is 46.0 Å². The number of ether oxygens (including phenoxy) is 2. The molecule has 3 fully saturated rings. The Balaban J connectivity index is 1.32. The summed E-state index contributed by atoms with van der Waals surface area (Å²) in [6.45, 7) is 6.81. The van der Waals surface area contributed by atoms with Crippen molar-refractivity contribution >= 4 is 5.91 Å². The molecule has 4 rings (SSSR count). The molecule has 4 heterocycles. The molecule has 1 aromatic rings. The van der Waals surface area contributed by atoms with Crippen molar-refractivity contribution in [2.45, 2.75) is 38.3 Å². The van der Waals surface area contributed by atoms with Gasteiger partial charge in [0.15, 0.2) is 0 Å². The second-order valence-electron chi connectivity index (χ2n) is 7.94. The second kappa shape index (κ2) is 8.03. The summed E-state index contributed by atoms with van der Waals surface area (Å²) in [7, 11) is 0. The smallest absolute Gasteiger partial charge is 0.222 e. The van der Waals surface area contributed by atoms with E-state index in [0.29, 0.717) is 26.2 Å². The van der Waals surface area contributed by atoms with E-state index in [-0.39, 0.29) is 17.4 Å². The van der Waals surface area contributed by atoms with Crippen molar-refractivity contribution in [1.29, 1.82) is 0 Å². The van der Waals surface area contributed by atoms with Gasteiger partial charge in [0.2, 0.25) is 5.91 Å². The number of carbonyl (C=O) groups is 1. The van der Waals surface area contributed by atoms with Gasteiger partial charge in [-0.05, 0) is 49.9 Å².